The van der Waals surface area contributed by atoms with Gasteiger partial charge in [0, 0.05) is 12.0 Å². The molecule has 2 atom stereocenters. The molecule has 0 amide bonds. The number of hydrogen-bond acceptors (Lipinski definition) is 4. The van der Waals surface area contributed by atoms with Crippen molar-refractivity contribution in [1.82, 2.24) is 10.2 Å². The molecule has 1 aromatic heterocycles. The van der Waals surface area contributed by atoms with E-state index in [1.54, 1.807) is 12.1 Å². The number of hydrogen-bond donors (Lipinski definition) is 1. The van der Waals surface area contributed by atoms with E-state index in [4.69, 9.17) is 0 Å². The Morgan fingerprint density at radius 3 is 2.62 bits per heavy atom. The second-order valence-corrected chi connectivity index (χ2v) is 5.39. The van der Waals surface area contributed by atoms with Crippen LogP contribution in [-0.2, 0) is 0 Å². The summed E-state index contributed by atoms with van der Waals surface area (Å²) < 4.78 is 12.9. The van der Waals surface area contributed by atoms with Gasteiger partial charge in [-0.3, -0.25) is 0 Å². The van der Waals surface area contributed by atoms with Gasteiger partial charge in [-0.15, -0.1) is 5.10 Å². The number of anilines is 1. The van der Waals surface area contributed by atoms with Crippen LogP contribution >= 0.6 is 0 Å². The zero-order chi connectivity index (χ0) is 15.0. The number of nitrogens with zero attached hydrogens (tertiary/aromatic N) is 3. The number of aromatic nitrogens is 2. The van der Waals surface area contributed by atoms with E-state index < -0.39 is 0 Å². The Kier molecular flexibility index (Phi) is 3.30. The summed E-state index contributed by atoms with van der Waals surface area (Å²) in [5, 5.41) is 20.7. The highest BCUT2D eigenvalue weighted by Gasteiger charge is 2.39. The normalized spacial score (nSPS) is 19.9. The minimum absolute atomic E-state index is 0.221. The zero-order valence-corrected chi connectivity index (χ0v) is 11.9. The molecule has 1 fully saturated rings. The molecule has 1 N–H and O–H groups in total. The number of rotatable bonds is 3. The fourth-order valence-corrected chi connectivity index (χ4v) is 2.45. The Bertz CT molecular complexity index is 718. The molecular weight excluding hydrogens is 267 g/mol. The third kappa shape index (κ3) is 2.57. The molecule has 0 unspecified atom stereocenters. The van der Waals surface area contributed by atoms with Crippen LogP contribution in [0.5, 0.6) is 0 Å². The SMILES string of the molecule is Cc1nnc(N[C@@H]2C[C@H]2c2ccc(F)cc2)c(C#N)c1C. The third-order valence-corrected chi connectivity index (χ3v) is 3.98. The lowest BCUT2D eigenvalue weighted by Crippen LogP contribution is -2.10. The molecule has 3 rings (SSSR count). The van der Waals surface area contributed by atoms with Crippen molar-refractivity contribution >= 4 is 5.82 Å². The molecular formula is C16H15FN4. The van der Waals surface area contributed by atoms with Crippen LogP contribution in [0.2, 0.25) is 0 Å². The molecule has 4 nitrogen and oxygen atoms in total. The predicted octanol–water partition coefficient (Wildman–Crippen LogP) is 3.07. The highest BCUT2D eigenvalue weighted by molar-refractivity contribution is 5.57. The minimum Gasteiger partial charge on any atom is -0.364 e. The van der Waals surface area contributed by atoms with Crippen molar-refractivity contribution in [2.24, 2.45) is 0 Å². The molecule has 0 aliphatic heterocycles. The lowest BCUT2D eigenvalue weighted by atomic mass is 10.1. The summed E-state index contributed by atoms with van der Waals surface area (Å²) in [6, 6.07) is 8.96. The molecule has 1 heterocycles. The summed E-state index contributed by atoms with van der Waals surface area (Å²) in [5.74, 6) is 0.645. The quantitative estimate of drug-likeness (QED) is 0.939. The standard InChI is InChI=1S/C16H15FN4/c1-9-10(2)20-21-16(14(9)8-18)19-15-7-13(15)11-3-5-12(17)6-4-11/h3-6,13,15H,7H2,1-2H3,(H,19,21)/t13-,15+/m0/s1. The van der Waals surface area contributed by atoms with Crippen LogP contribution in [0, 0.1) is 31.0 Å². The van der Waals surface area contributed by atoms with Gasteiger partial charge >= 0.3 is 0 Å². The van der Waals surface area contributed by atoms with Gasteiger partial charge in [-0.1, -0.05) is 12.1 Å². The smallest absolute Gasteiger partial charge is 0.167 e. The van der Waals surface area contributed by atoms with Crippen LogP contribution in [0.25, 0.3) is 0 Å². The summed E-state index contributed by atoms with van der Waals surface area (Å²) in [5.41, 5.74) is 3.27. The molecule has 106 valence electrons. The van der Waals surface area contributed by atoms with E-state index in [0.717, 1.165) is 23.2 Å². The van der Waals surface area contributed by atoms with Gasteiger partial charge in [0.1, 0.15) is 17.4 Å². The minimum atomic E-state index is -0.226. The van der Waals surface area contributed by atoms with Crippen molar-refractivity contribution < 1.29 is 4.39 Å². The van der Waals surface area contributed by atoms with Crippen LogP contribution in [0.4, 0.5) is 10.2 Å². The first-order valence-electron chi connectivity index (χ1n) is 6.86. The lowest BCUT2D eigenvalue weighted by Gasteiger charge is -2.09. The van der Waals surface area contributed by atoms with Gasteiger partial charge in [-0.05, 0) is 43.5 Å². The van der Waals surface area contributed by atoms with Gasteiger partial charge in [-0.2, -0.15) is 10.4 Å². The molecule has 1 aromatic carbocycles. The molecule has 2 aromatic rings. The van der Waals surface area contributed by atoms with Crippen molar-refractivity contribution in [3.8, 4) is 6.07 Å². The van der Waals surface area contributed by atoms with Crippen molar-refractivity contribution in [1.29, 1.82) is 5.26 Å². The average Bonchev–Trinajstić information content (AvgIpc) is 3.23. The van der Waals surface area contributed by atoms with E-state index in [9.17, 15) is 9.65 Å². The number of nitriles is 1. The van der Waals surface area contributed by atoms with Crippen LogP contribution in [0.3, 0.4) is 0 Å². The average molecular weight is 282 g/mol. The zero-order valence-electron chi connectivity index (χ0n) is 11.9. The highest BCUT2D eigenvalue weighted by atomic mass is 19.1. The van der Waals surface area contributed by atoms with E-state index in [0.29, 0.717) is 17.3 Å². The van der Waals surface area contributed by atoms with Crippen molar-refractivity contribution in [2.75, 3.05) is 5.32 Å². The van der Waals surface area contributed by atoms with E-state index in [1.165, 1.54) is 12.1 Å². The molecule has 0 spiro atoms. The first-order chi connectivity index (χ1) is 10.1. The fraction of sp³-hybridized carbons (Fsp3) is 0.312. The van der Waals surface area contributed by atoms with E-state index in [-0.39, 0.29) is 11.9 Å². The molecule has 5 heteroatoms. The summed E-state index contributed by atoms with van der Waals surface area (Å²) in [6.07, 6.45) is 0.950. The first kappa shape index (κ1) is 13.5. The molecule has 1 aliphatic carbocycles. The highest BCUT2D eigenvalue weighted by Crippen LogP contribution is 2.43. The van der Waals surface area contributed by atoms with Crippen LogP contribution < -0.4 is 5.32 Å². The molecule has 1 aliphatic rings. The largest absolute Gasteiger partial charge is 0.364 e. The van der Waals surface area contributed by atoms with Gasteiger partial charge in [0.15, 0.2) is 5.82 Å². The maximum absolute atomic E-state index is 12.9. The summed E-state index contributed by atoms with van der Waals surface area (Å²) in [4.78, 5) is 0. The van der Waals surface area contributed by atoms with Gasteiger partial charge in [0.2, 0.25) is 0 Å². The fourth-order valence-electron chi connectivity index (χ4n) is 2.45. The van der Waals surface area contributed by atoms with Crippen LogP contribution in [0.1, 0.15) is 34.7 Å². The van der Waals surface area contributed by atoms with Crippen molar-refractivity contribution in [2.45, 2.75) is 32.2 Å². The lowest BCUT2D eigenvalue weighted by molar-refractivity contribution is 0.627. The maximum Gasteiger partial charge on any atom is 0.167 e. The van der Waals surface area contributed by atoms with Crippen LogP contribution in [0.15, 0.2) is 24.3 Å². The Morgan fingerprint density at radius 2 is 1.95 bits per heavy atom. The molecule has 0 radical (unpaired) electrons. The molecule has 21 heavy (non-hydrogen) atoms. The van der Waals surface area contributed by atoms with Crippen molar-refractivity contribution in [3.63, 3.8) is 0 Å². The maximum atomic E-state index is 12.9. The van der Waals surface area contributed by atoms with Crippen LogP contribution in [-0.4, -0.2) is 16.2 Å². The topological polar surface area (TPSA) is 61.6 Å². The molecule has 0 saturated heterocycles. The number of nitrogens with one attached hydrogen (secondary N) is 1. The number of aryl methyl sites for hydroxylation is 1. The van der Waals surface area contributed by atoms with Gasteiger partial charge in [0.05, 0.1) is 5.69 Å². The van der Waals surface area contributed by atoms with Gasteiger partial charge in [0.25, 0.3) is 0 Å². The number of halogens is 1. The van der Waals surface area contributed by atoms with E-state index >= 15 is 0 Å². The first-order valence-corrected chi connectivity index (χ1v) is 6.86. The molecule has 0 bridgehead atoms. The van der Waals surface area contributed by atoms with E-state index in [2.05, 4.69) is 21.6 Å². The Balaban J connectivity index is 1.77. The third-order valence-electron chi connectivity index (χ3n) is 3.98. The Hall–Kier alpha value is -2.48. The monoisotopic (exact) mass is 282 g/mol. The second-order valence-electron chi connectivity index (χ2n) is 5.39. The predicted molar refractivity (Wildman–Crippen MR) is 77.4 cm³/mol. The van der Waals surface area contributed by atoms with Crippen molar-refractivity contribution in [3.05, 3.63) is 52.5 Å². The summed E-state index contributed by atoms with van der Waals surface area (Å²) in [7, 11) is 0. The Morgan fingerprint density at radius 1 is 1.24 bits per heavy atom. The number of benzene rings is 1. The molecule has 1 saturated carbocycles. The van der Waals surface area contributed by atoms with E-state index in [1.807, 2.05) is 13.8 Å². The summed E-state index contributed by atoms with van der Waals surface area (Å²) in [6.45, 7) is 3.71. The van der Waals surface area contributed by atoms with Gasteiger partial charge < -0.3 is 5.32 Å². The summed E-state index contributed by atoms with van der Waals surface area (Å²) >= 11 is 0. The van der Waals surface area contributed by atoms with Gasteiger partial charge in [-0.25, -0.2) is 4.39 Å². The second kappa shape index (κ2) is 5.13. The Labute approximate surface area is 122 Å².